The highest BCUT2D eigenvalue weighted by Gasteiger charge is 2.49. The molecule has 6 nitrogen and oxygen atoms in total. The minimum absolute atomic E-state index is 0.0949. The SMILES string of the molecule is Cn1cccc1C(=O)N1CC2(C[C@@H](CCOCc3ccccn3)CCO2)C1. The molecule has 1 atom stereocenters. The molecule has 0 saturated carbocycles. The summed E-state index contributed by atoms with van der Waals surface area (Å²) in [7, 11) is 1.90. The van der Waals surface area contributed by atoms with E-state index in [1.54, 1.807) is 6.20 Å². The summed E-state index contributed by atoms with van der Waals surface area (Å²) in [6, 6.07) is 9.65. The van der Waals surface area contributed by atoms with Crippen molar-refractivity contribution in [3.05, 3.63) is 54.1 Å². The summed E-state index contributed by atoms with van der Waals surface area (Å²) in [5.41, 5.74) is 1.56. The van der Waals surface area contributed by atoms with E-state index < -0.39 is 0 Å². The lowest BCUT2D eigenvalue weighted by Gasteiger charge is -2.53. The molecule has 6 heteroatoms. The van der Waals surface area contributed by atoms with E-state index in [4.69, 9.17) is 9.47 Å². The molecule has 2 saturated heterocycles. The highest BCUT2D eigenvalue weighted by Crippen LogP contribution is 2.38. The van der Waals surface area contributed by atoms with Crippen molar-refractivity contribution in [2.24, 2.45) is 13.0 Å². The fraction of sp³-hybridized carbons (Fsp3) is 0.524. The van der Waals surface area contributed by atoms with E-state index >= 15 is 0 Å². The Bertz CT molecular complexity index is 768. The number of nitrogens with zero attached hydrogens (tertiary/aromatic N) is 3. The van der Waals surface area contributed by atoms with E-state index in [9.17, 15) is 4.79 Å². The van der Waals surface area contributed by atoms with Gasteiger partial charge < -0.3 is 18.9 Å². The average molecular weight is 369 g/mol. The van der Waals surface area contributed by atoms with Gasteiger partial charge in [0.05, 0.1) is 25.4 Å². The van der Waals surface area contributed by atoms with E-state index in [0.29, 0.717) is 25.6 Å². The molecule has 0 N–H and O–H groups in total. The third-order valence-corrected chi connectivity index (χ3v) is 5.65. The molecule has 0 unspecified atom stereocenters. The van der Waals surface area contributed by atoms with Crippen LogP contribution in [0.1, 0.15) is 35.4 Å². The molecule has 2 aromatic heterocycles. The van der Waals surface area contributed by atoms with Gasteiger partial charge in [0.1, 0.15) is 11.3 Å². The zero-order chi connectivity index (χ0) is 18.7. The molecule has 0 bridgehead atoms. The molecule has 2 fully saturated rings. The molecule has 4 heterocycles. The van der Waals surface area contributed by atoms with Gasteiger partial charge in [-0.1, -0.05) is 6.07 Å². The Labute approximate surface area is 160 Å². The van der Waals surface area contributed by atoms with Crippen LogP contribution in [-0.4, -0.2) is 52.3 Å². The van der Waals surface area contributed by atoms with Crippen LogP contribution in [0.3, 0.4) is 0 Å². The molecule has 2 aromatic rings. The van der Waals surface area contributed by atoms with Crippen molar-refractivity contribution in [2.45, 2.75) is 31.5 Å². The summed E-state index contributed by atoms with van der Waals surface area (Å²) in [5.74, 6) is 0.687. The van der Waals surface area contributed by atoms with Crippen LogP contribution in [0.25, 0.3) is 0 Å². The second-order valence-electron chi connectivity index (χ2n) is 7.72. The Balaban J connectivity index is 1.22. The maximum absolute atomic E-state index is 12.6. The molecular formula is C21H27N3O3. The Hall–Kier alpha value is -2.18. The maximum atomic E-state index is 12.6. The second-order valence-corrected chi connectivity index (χ2v) is 7.72. The van der Waals surface area contributed by atoms with Crippen molar-refractivity contribution in [2.75, 3.05) is 26.3 Å². The molecule has 0 aliphatic carbocycles. The van der Waals surface area contributed by atoms with Gasteiger partial charge in [-0.2, -0.15) is 0 Å². The van der Waals surface area contributed by atoms with Gasteiger partial charge in [0.25, 0.3) is 5.91 Å². The number of hydrogen-bond acceptors (Lipinski definition) is 4. The number of carbonyl (C=O) groups excluding carboxylic acids is 1. The number of likely N-dealkylation sites (tertiary alicyclic amines) is 1. The fourth-order valence-electron chi connectivity index (χ4n) is 4.14. The van der Waals surface area contributed by atoms with Crippen LogP contribution in [0, 0.1) is 5.92 Å². The number of pyridine rings is 1. The van der Waals surface area contributed by atoms with Crippen LogP contribution < -0.4 is 0 Å². The summed E-state index contributed by atoms with van der Waals surface area (Å²) in [6.07, 6.45) is 6.81. The van der Waals surface area contributed by atoms with E-state index in [-0.39, 0.29) is 11.5 Å². The number of carbonyl (C=O) groups is 1. The third kappa shape index (κ3) is 4.06. The number of aromatic nitrogens is 2. The molecular weight excluding hydrogens is 342 g/mol. The highest BCUT2D eigenvalue weighted by molar-refractivity contribution is 5.93. The van der Waals surface area contributed by atoms with Crippen LogP contribution in [0.5, 0.6) is 0 Å². The highest BCUT2D eigenvalue weighted by atomic mass is 16.5. The van der Waals surface area contributed by atoms with E-state index in [2.05, 4.69) is 4.98 Å². The largest absolute Gasteiger partial charge is 0.375 e. The third-order valence-electron chi connectivity index (χ3n) is 5.65. The molecule has 0 radical (unpaired) electrons. The topological polar surface area (TPSA) is 56.6 Å². The molecule has 0 aromatic carbocycles. The molecule has 1 amide bonds. The van der Waals surface area contributed by atoms with Crippen LogP contribution in [0.4, 0.5) is 0 Å². The molecule has 2 aliphatic heterocycles. The summed E-state index contributed by atoms with van der Waals surface area (Å²) < 4.78 is 13.7. The Morgan fingerprint density at radius 2 is 2.22 bits per heavy atom. The first-order valence-electron chi connectivity index (χ1n) is 9.67. The lowest BCUT2D eigenvalue weighted by molar-refractivity contribution is -0.167. The number of aryl methyl sites for hydroxylation is 1. The van der Waals surface area contributed by atoms with Crippen molar-refractivity contribution >= 4 is 5.91 Å². The van der Waals surface area contributed by atoms with Gasteiger partial charge in [-0.3, -0.25) is 9.78 Å². The summed E-state index contributed by atoms with van der Waals surface area (Å²) in [4.78, 5) is 18.8. The van der Waals surface area contributed by atoms with Gasteiger partial charge in [-0.15, -0.1) is 0 Å². The van der Waals surface area contributed by atoms with Crippen molar-refractivity contribution in [3.8, 4) is 0 Å². The zero-order valence-electron chi connectivity index (χ0n) is 15.8. The van der Waals surface area contributed by atoms with Gasteiger partial charge in [0.15, 0.2) is 0 Å². The number of hydrogen-bond donors (Lipinski definition) is 0. The van der Waals surface area contributed by atoms with Gasteiger partial charge in [0.2, 0.25) is 0 Å². The second kappa shape index (κ2) is 7.82. The first-order valence-corrected chi connectivity index (χ1v) is 9.67. The first-order chi connectivity index (χ1) is 13.2. The fourth-order valence-corrected chi connectivity index (χ4v) is 4.14. The summed E-state index contributed by atoms with van der Waals surface area (Å²) in [6.45, 7) is 3.47. The Morgan fingerprint density at radius 1 is 1.33 bits per heavy atom. The summed E-state index contributed by atoms with van der Waals surface area (Å²) >= 11 is 0. The molecule has 27 heavy (non-hydrogen) atoms. The quantitative estimate of drug-likeness (QED) is 0.735. The maximum Gasteiger partial charge on any atom is 0.270 e. The smallest absolute Gasteiger partial charge is 0.270 e. The normalized spacial score (nSPS) is 21.2. The van der Waals surface area contributed by atoms with Gasteiger partial charge in [0, 0.05) is 32.7 Å². The van der Waals surface area contributed by atoms with Gasteiger partial charge in [-0.05, 0) is 49.4 Å². The van der Waals surface area contributed by atoms with Crippen molar-refractivity contribution in [3.63, 3.8) is 0 Å². The van der Waals surface area contributed by atoms with Crippen molar-refractivity contribution < 1.29 is 14.3 Å². The Morgan fingerprint density at radius 3 is 2.96 bits per heavy atom. The van der Waals surface area contributed by atoms with Crippen LogP contribution >= 0.6 is 0 Å². The van der Waals surface area contributed by atoms with Crippen LogP contribution in [0.15, 0.2) is 42.7 Å². The lowest BCUT2D eigenvalue weighted by atomic mass is 9.79. The molecule has 2 aliphatic rings. The monoisotopic (exact) mass is 369 g/mol. The predicted octanol–water partition coefficient (Wildman–Crippen LogP) is 2.65. The number of amides is 1. The molecule has 144 valence electrons. The van der Waals surface area contributed by atoms with Gasteiger partial charge in [-0.25, -0.2) is 0 Å². The first kappa shape index (κ1) is 18.2. The van der Waals surface area contributed by atoms with Crippen LogP contribution in [-0.2, 0) is 23.1 Å². The van der Waals surface area contributed by atoms with Crippen molar-refractivity contribution in [1.29, 1.82) is 0 Å². The predicted molar refractivity (Wildman–Crippen MR) is 101 cm³/mol. The standard InChI is InChI=1S/C21H27N3O3/c1-23-10-4-6-19(23)20(25)24-15-21(16-24)13-17(8-12-27-21)7-11-26-14-18-5-2-3-9-22-18/h2-6,9-10,17H,7-8,11-16H2,1H3/t17-/m0/s1. The minimum Gasteiger partial charge on any atom is -0.375 e. The van der Waals surface area contributed by atoms with E-state index in [1.165, 1.54) is 0 Å². The number of ether oxygens (including phenoxy) is 2. The van der Waals surface area contributed by atoms with Crippen LogP contribution in [0.2, 0.25) is 0 Å². The number of rotatable bonds is 6. The van der Waals surface area contributed by atoms with E-state index in [1.807, 2.05) is 53.0 Å². The average Bonchev–Trinajstić information content (AvgIpc) is 3.10. The van der Waals surface area contributed by atoms with Crippen molar-refractivity contribution in [1.82, 2.24) is 14.5 Å². The molecule has 4 rings (SSSR count). The lowest BCUT2D eigenvalue weighted by Crippen LogP contribution is -2.66. The zero-order valence-corrected chi connectivity index (χ0v) is 15.8. The van der Waals surface area contributed by atoms with Gasteiger partial charge >= 0.3 is 0 Å². The minimum atomic E-state index is -0.148. The molecule has 1 spiro atoms. The summed E-state index contributed by atoms with van der Waals surface area (Å²) in [5, 5.41) is 0. The van der Waals surface area contributed by atoms with E-state index in [0.717, 1.165) is 43.9 Å². The Kier molecular flexibility index (Phi) is 5.27.